The Morgan fingerprint density at radius 3 is 1.45 bits per heavy atom. The van der Waals surface area contributed by atoms with Gasteiger partial charge >= 0.3 is 7.60 Å². The normalized spacial score (nSPS) is 15.0. The lowest BCUT2D eigenvalue weighted by atomic mass is 10.0. The van der Waals surface area contributed by atoms with Gasteiger partial charge in [0.05, 0.1) is 27.7 Å². The van der Waals surface area contributed by atoms with Crippen LogP contribution in [0, 0.1) is 0 Å². The molecule has 5 heteroatoms. The van der Waals surface area contributed by atoms with Gasteiger partial charge in [-0.15, -0.1) is 6.58 Å². The van der Waals surface area contributed by atoms with Crippen molar-refractivity contribution in [3.05, 3.63) is 12.7 Å². The van der Waals surface area contributed by atoms with E-state index in [1.807, 2.05) is 34.1 Å². The Morgan fingerprint density at radius 2 is 1.13 bits per heavy atom. The molecular weight excluding hydrogens is 405 g/mol. The number of nitrogens with zero attached hydrogens (tertiary/aromatic N) is 1. The summed E-state index contributed by atoms with van der Waals surface area (Å²) in [5.74, 6) is -0.347. The molecule has 0 bridgehead atoms. The molecule has 0 heterocycles. The van der Waals surface area contributed by atoms with Crippen LogP contribution in [0.4, 0.5) is 0 Å². The van der Waals surface area contributed by atoms with Gasteiger partial charge in [-0.2, -0.15) is 0 Å². The molecule has 0 aromatic heterocycles. The lowest BCUT2D eigenvalue weighted by Gasteiger charge is -2.35. The Kier molecular flexibility index (Phi) is 19.2. The minimum Gasteiger partial charge on any atom is -0.320 e. The first-order chi connectivity index (χ1) is 14.8. The molecule has 0 saturated heterocycles. The average Bonchev–Trinajstić information content (AvgIpc) is 2.68. The summed E-state index contributed by atoms with van der Waals surface area (Å²) in [7, 11) is 2.31. The highest BCUT2D eigenvalue weighted by Gasteiger charge is 2.41. The second-order valence-corrected chi connectivity index (χ2v) is 12.1. The quantitative estimate of drug-likeness (QED) is 0.0720. The summed E-state index contributed by atoms with van der Waals surface area (Å²) in [6, 6.07) is 0. The van der Waals surface area contributed by atoms with Gasteiger partial charge in [-0.05, 0) is 19.3 Å². The molecule has 0 amide bonds. The molecule has 0 saturated carbocycles. The molecule has 0 aromatic carbocycles. The van der Waals surface area contributed by atoms with Gasteiger partial charge in [0.2, 0.25) is 0 Å². The fourth-order valence-electron chi connectivity index (χ4n) is 4.36. The van der Waals surface area contributed by atoms with E-state index >= 15 is 0 Å². The van der Waals surface area contributed by atoms with Crippen molar-refractivity contribution < 1.29 is 18.5 Å². The minimum absolute atomic E-state index is 0.347. The van der Waals surface area contributed by atoms with Crippen LogP contribution in [0.2, 0.25) is 0 Å². The van der Waals surface area contributed by atoms with Gasteiger partial charge in [-0.1, -0.05) is 103 Å². The molecule has 0 rings (SSSR count). The van der Waals surface area contributed by atoms with E-state index in [0.717, 1.165) is 12.8 Å². The molecular formula is C26H55NO3P+. The Morgan fingerprint density at radius 1 is 0.774 bits per heavy atom. The lowest BCUT2D eigenvalue weighted by molar-refractivity contribution is -0.883. The van der Waals surface area contributed by atoms with E-state index in [4.69, 9.17) is 4.52 Å². The third kappa shape index (κ3) is 18.0. The Bertz CT molecular complexity index is 462. The number of hydrogen-bond acceptors (Lipinski definition) is 2. The number of unbranched alkanes of at least 4 members (excludes halogenated alkanes) is 16. The number of allylic oxidation sites excluding steroid dienone is 1. The minimum atomic E-state index is -3.55. The molecule has 0 aliphatic carbocycles. The summed E-state index contributed by atoms with van der Waals surface area (Å²) >= 11 is 0. The highest BCUT2D eigenvalue weighted by atomic mass is 31.2. The lowest BCUT2D eigenvalue weighted by Crippen LogP contribution is -2.44. The summed E-state index contributed by atoms with van der Waals surface area (Å²) in [5, 5.41) is 0. The molecule has 2 atom stereocenters. The summed E-state index contributed by atoms with van der Waals surface area (Å²) < 4.78 is 18.4. The zero-order valence-corrected chi connectivity index (χ0v) is 22.3. The number of hydrogen-bond donors (Lipinski definition) is 1. The van der Waals surface area contributed by atoms with Crippen molar-refractivity contribution in [2.75, 3.05) is 27.7 Å². The molecule has 0 aromatic rings. The van der Waals surface area contributed by atoms with Gasteiger partial charge in [-0.25, -0.2) is 0 Å². The topological polar surface area (TPSA) is 46.5 Å². The van der Waals surface area contributed by atoms with Crippen LogP contribution < -0.4 is 0 Å². The molecule has 0 fully saturated rings. The van der Waals surface area contributed by atoms with E-state index in [0.29, 0.717) is 17.5 Å². The summed E-state index contributed by atoms with van der Waals surface area (Å²) in [4.78, 5) is 10.3. The second kappa shape index (κ2) is 19.3. The first-order valence-electron chi connectivity index (χ1n) is 13.1. The van der Waals surface area contributed by atoms with Crippen molar-refractivity contribution in [3.63, 3.8) is 0 Å². The van der Waals surface area contributed by atoms with Gasteiger partial charge in [0.1, 0.15) is 0 Å². The smallest absolute Gasteiger partial charge is 0.320 e. The molecule has 31 heavy (non-hydrogen) atoms. The molecule has 4 nitrogen and oxygen atoms in total. The predicted molar refractivity (Wildman–Crippen MR) is 137 cm³/mol. The highest BCUT2D eigenvalue weighted by molar-refractivity contribution is 7.53. The van der Waals surface area contributed by atoms with Crippen molar-refractivity contribution in [2.24, 2.45) is 0 Å². The van der Waals surface area contributed by atoms with Gasteiger partial charge in [-0.3, -0.25) is 4.57 Å². The third-order valence-electron chi connectivity index (χ3n) is 6.21. The van der Waals surface area contributed by atoms with Crippen LogP contribution >= 0.6 is 7.60 Å². The Hall–Kier alpha value is -0.150. The van der Waals surface area contributed by atoms with Crippen molar-refractivity contribution >= 4 is 7.60 Å². The van der Waals surface area contributed by atoms with Crippen molar-refractivity contribution in [1.82, 2.24) is 0 Å². The van der Waals surface area contributed by atoms with Gasteiger partial charge in [0.25, 0.3) is 0 Å². The summed E-state index contributed by atoms with van der Waals surface area (Å²) in [6.45, 7) is 6.13. The SMILES string of the molecule is C=CCCCCCCCCCCCCCCCCCCOP(=O)(O)C(CC)[N+](C)(C)C. The zero-order valence-electron chi connectivity index (χ0n) is 21.5. The molecule has 0 aliphatic heterocycles. The second-order valence-electron chi connectivity index (χ2n) is 10.1. The monoisotopic (exact) mass is 460 g/mol. The molecule has 1 N–H and O–H groups in total. The summed E-state index contributed by atoms with van der Waals surface area (Å²) in [6.07, 6.45) is 24.9. The molecule has 0 spiro atoms. The van der Waals surface area contributed by atoms with E-state index in [1.165, 1.54) is 96.3 Å². The standard InChI is InChI=1S/C26H54NO3P/c1-6-8-9-10-11-12-13-14-15-16-17-18-19-20-21-22-23-24-25-30-31(28,29)26(7-2)27(3,4)5/h6,26H,1,7-25H2,2-5H3/p+1. The van der Waals surface area contributed by atoms with E-state index in [-0.39, 0.29) is 5.78 Å². The average molecular weight is 461 g/mol. The molecule has 0 radical (unpaired) electrons. The van der Waals surface area contributed by atoms with Crippen LogP contribution in [0.25, 0.3) is 0 Å². The largest absolute Gasteiger partial charge is 0.385 e. The van der Waals surface area contributed by atoms with Gasteiger partial charge in [0.15, 0.2) is 5.78 Å². The third-order valence-corrected chi connectivity index (χ3v) is 8.58. The van der Waals surface area contributed by atoms with Gasteiger partial charge < -0.3 is 13.9 Å². The van der Waals surface area contributed by atoms with Crippen LogP contribution in [0.1, 0.15) is 122 Å². The maximum absolute atomic E-state index is 12.5. The zero-order chi connectivity index (χ0) is 23.4. The molecule has 0 aliphatic rings. The van der Waals surface area contributed by atoms with Gasteiger partial charge in [0, 0.05) is 6.42 Å². The fourth-order valence-corrected chi connectivity index (χ4v) is 6.26. The maximum Gasteiger partial charge on any atom is 0.385 e. The Labute approximate surface area is 195 Å². The van der Waals surface area contributed by atoms with Crippen LogP contribution in [0.5, 0.6) is 0 Å². The van der Waals surface area contributed by atoms with Crippen LogP contribution in [-0.4, -0.2) is 42.9 Å². The molecule has 186 valence electrons. The fraction of sp³-hybridized carbons (Fsp3) is 0.923. The first kappa shape index (κ1) is 30.9. The van der Waals surface area contributed by atoms with E-state index in [2.05, 4.69) is 6.58 Å². The van der Waals surface area contributed by atoms with Crippen LogP contribution in [0.3, 0.4) is 0 Å². The van der Waals surface area contributed by atoms with Crippen LogP contribution in [-0.2, 0) is 9.09 Å². The van der Waals surface area contributed by atoms with E-state index < -0.39 is 7.60 Å². The highest BCUT2D eigenvalue weighted by Crippen LogP contribution is 2.51. The Balaban J connectivity index is 3.40. The predicted octanol–water partition coefficient (Wildman–Crippen LogP) is 8.45. The first-order valence-corrected chi connectivity index (χ1v) is 14.8. The maximum atomic E-state index is 12.5. The van der Waals surface area contributed by atoms with Crippen molar-refractivity contribution in [1.29, 1.82) is 0 Å². The van der Waals surface area contributed by atoms with Crippen molar-refractivity contribution in [3.8, 4) is 0 Å². The van der Waals surface area contributed by atoms with Crippen molar-refractivity contribution in [2.45, 2.75) is 128 Å². The molecule has 2 unspecified atom stereocenters. The van der Waals surface area contributed by atoms with E-state index in [1.54, 1.807) is 0 Å². The van der Waals surface area contributed by atoms with E-state index in [9.17, 15) is 9.46 Å². The van der Waals surface area contributed by atoms with Crippen LogP contribution in [0.15, 0.2) is 12.7 Å². The number of quaternary nitrogens is 1. The number of rotatable bonds is 23. The summed E-state index contributed by atoms with van der Waals surface area (Å²) in [5.41, 5.74) is 0.